The number of hydroxylamine groups is 1. The molecule has 0 aliphatic rings. The summed E-state index contributed by atoms with van der Waals surface area (Å²) < 4.78 is 17.9. The van der Waals surface area contributed by atoms with E-state index in [4.69, 9.17) is 19.1 Å². The third kappa shape index (κ3) is 3.89. The first kappa shape index (κ1) is 18.0. The zero-order valence-electron chi connectivity index (χ0n) is 13.9. The quantitative estimate of drug-likeness (QED) is 0.355. The van der Waals surface area contributed by atoms with Gasteiger partial charge in [-0.2, -0.15) is 0 Å². The van der Waals surface area contributed by atoms with Gasteiger partial charge in [0.25, 0.3) is 5.91 Å². The van der Waals surface area contributed by atoms with Crippen molar-refractivity contribution in [3.8, 4) is 11.5 Å². The molecule has 6 nitrogen and oxygen atoms in total. The predicted octanol–water partition coefficient (Wildman–Crippen LogP) is 4.30. The monoisotopic (exact) mass is 417 g/mol. The van der Waals surface area contributed by atoms with Gasteiger partial charge in [-0.15, -0.1) is 0 Å². The van der Waals surface area contributed by atoms with Crippen LogP contribution in [0.3, 0.4) is 0 Å². The number of amides is 1. The lowest BCUT2D eigenvalue weighted by Crippen LogP contribution is -2.14. The fraction of sp³-hybridized carbons (Fsp3) is 0.105. The van der Waals surface area contributed by atoms with E-state index >= 15 is 0 Å². The summed E-state index contributed by atoms with van der Waals surface area (Å²) in [5.41, 5.74) is 3.71. The highest BCUT2D eigenvalue weighted by molar-refractivity contribution is 9.10. The Balaban J connectivity index is 2.00. The topological polar surface area (TPSA) is 80.9 Å². The van der Waals surface area contributed by atoms with Gasteiger partial charge in [-0.05, 0) is 35.9 Å². The van der Waals surface area contributed by atoms with E-state index in [1.807, 2.05) is 30.3 Å². The molecule has 0 aliphatic carbocycles. The van der Waals surface area contributed by atoms with Gasteiger partial charge < -0.3 is 13.9 Å². The molecular formula is C19H16BrNO5. The largest absolute Gasteiger partial charge is 0.490 e. The van der Waals surface area contributed by atoms with Gasteiger partial charge in [-0.1, -0.05) is 28.1 Å². The Bertz CT molecular complexity index is 946. The maximum Gasteiger partial charge on any atom is 0.267 e. The maximum atomic E-state index is 11.3. The van der Waals surface area contributed by atoms with Crippen molar-refractivity contribution < 1.29 is 23.9 Å². The van der Waals surface area contributed by atoms with Crippen molar-refractivity contribution in [2.45, 2.75) is 6.61 Å². The smallest absolute Gasteiger partial charge is 0.267 e. The zero-order valence-corrected chi connectivity index (χ0v) is 15.4. The van der Waals surface area contributed by atoms with Crippen LogP contribution in [0.15, 0.2) is 57.6 Å². The number of nitrogens with one attached hydrogen (secondary N) is 1. The molecule has 0 fully saturated rings. The van der Waals surface area contributed by atoms with Crippen molar-refractivity contribution in [1.82, 2.24) is 5.48 Å². The van der Waals surface area contributed by atoms with Crippen molar-refractivity contribution in [1.29, 1.82) is 0 Å². The minimum atomic E-state index is -0.643. The Hall–Kier alpha value is -2.77. The molecule has 0 radical (unpaired) electrons. The molecule has 3 rings (SSSR count). The van der Waals surface area contributed by atoms with Crippen molar-refractivity contribution in [3.63, 3.8) is 0 Å². The second kappa shape index (κ2) is 8.07. The van der Waals surface area contributed by atoms with Gasteiger partial charge in [0.2, 0.25) is 5.75 Å². The fourth-order valence-corrected chi connectivity index (χ4v) is 2.75. The Kier molecular flexibility index (Phi) is 5.60. The average Bonchev–Trinajstić information content (AvgIpc) is 3.13. The number of fused-ring (bicyclic) bond motifs is 1. The lowest BCUT2D eigenvalue weighted by atomic mass is 10.1. The summed E-state index contributed by atoms with van der Waals surface area (Å²) in [6.07, 6.45) is 4.30. The van der Waals surface area contributed by atoms with Crippen molar-refractivity contribution in [3.05, 3.63) is 64.3 Å². The van der Waals surface area contributed by atoms with E-state index in [2.05, 4.69) is 15.9 Å². The normalized spacial score (nSPS) is 11.0. The van der Waals surface area contributed by atoms with Crippen LogP contribution in [0.1, 0.15) is 11.1 Å². The third-order valence-electron chi connectivity index (χ3n) is 3.71. The molecule has 2 aromatic carbocycles. The van der Waals surface area contributed by atoms with Crippen LogP contribution in [0.4, 0.5) is 0 Å². The molecule has 0 atom stereocenters. The summed E-state index contributed by atoms with van der Waals surface area (Å²) in [5, 5.41) is 9.48. The van der Waals surface area contributed by atoms with E-state index in [1.165, 1.54) is 19.3 Å². The number of hydrogen-bond acceptors (Lipinski definition) is 5. The third-order valence-corrected chi connectivity index (χ3v) is 4.24. The molecule has 0 saturated carbocycles. The number of methoxy groups -OCH3 is 1. The Morgan fingerprint density at radius 2 is 2.04 bits per heavy atom. The zero-order chi connectivity index (χ0) is 18.5. The van der Waals surface area contributed by atoms with Crippen LogP contribution in [0.5, 0.6) is 11.5 Å². The minimum Gasteiger partial charge on any atom is -0.490 e. The van der Waals surface area contributed by atoms with Crippen LogP contribution in [0, 0.1) is 0 Å². The van der Waals surface area contributed by atoms with Crippen LogP contribution >= 0.6 is 15.9 Å². The first-order valence-corrected chi connectivity index (χ1v) is 8.49. The molecule has 1 amide bonds. The second-order valence-corrected chi connectivity index (χ2v) is 6.31. The molecule has 134 valence electrons. The van der Waals surface area contributed by atoms with Gasteiger partial charge in [0, 0.05) is 21.5 Å². The molecule has 0 unspecified atom stereocenters. The summed E-state index contributed by atoms with van der Waals surface area (Å²) >= 11 is 3.40. The number of hydrogen-bond donors (Lipinski definition) is 2. The molecular weight excluding hydrogens is 402 g/mol. The van der Waals surface area contributed by atoms with Gasteiger partial charge in [0.05, 0.1) is 13.4 Å². The number of halogens is 1. The molecule has 0 bridgehead atoms. The number of carbonyl (C=O) groups is 1. The van der Waals surface area contributed by atoms with Crippen LogP contribution < -0.4 is 15.0 Å². The van der Waals surface area contributed by atoms with Gasteiger partial charge in [-0.3, -0.25) is 10.0 Å². The minimum absolute atomic E-state index is 0.308. The van der Waals surface area contributed by atoms with Crippen molar-refractivity contribution >= 4 is 38.9 Å². The summed E-state index contributed by atoms with van der Waals surface area (Å²) in [4.78, 5) is 11.3. The molecule has 3 aromatic rings. The molecule has 0 aliphatic heterocycles. The van der Waals surface area contributed by atoms with Crippen LogP contribution in [-0.2, 0) is 11.4 Å². The lowest BCUT2D eigenvalue weighted by molar-refractivity contribution is -0.124. The summed E-state index contributed by atoms with van der Waals surface area (Å²) in [5.74, 6) is 0.239. The summed E-state index contributed by atoms with van der Waals surface area (Å²) in [6.45, 7) is 0.308. The first-order valence-electron chi connectivity index (χ1n) is 7.70. The predicted molar refractivity (Wildman–Crippen MR) is 100 cm³/mol. The Morgan fingerprint density at radius 3 is 2.73 bits per heavy atom. The van der Waals surface area contributed by atoms with Crippen molar-refractivity contribution in [2.24, 2.45) is 0 Å². The van der Waals surface area contributed by atoms with Gasteiger partial charge in [0.15, 0.2) is 11.3 Å². The Labute approximate surface area is 158 Å². The first-order chi connectivity index (χ1) is 12.6. The standard InChI is InChI=1S/C19H16BrNO5/c1-24-19-17-14(8-9-25-17)10-13(4-7-16(22)21-23)18(19)26-11-12-2-5-15(20)6-3-12/h2-10,23H,11H2,1H3,(H,21,22)/b7-4+. The number of ether oxygens (including phenoxy) is 2. The fourth-order valence-electron chi connectivity index (χ4n) is 2.48. The average molecular weight is 418 g/mol. The summed E-state index contributed by atoms with van der Waals surface area (Å²) in [7, 11) is 1.53. The van der Waals surface area contributed by atoms with Crippen LogP contribution in [-0.4, -0.2) is 18.2 Å². The number of furan rings is 1. The van der Waals surface area contributed by atoms with Crippen LogP contribution in [0.25, 0.3) is 17.0 Å². The van der Waals surface area contributed by atoms with Crippen molar-refractivity contribution in [2.75, 3.05) is 7.11 Å². The van der Waals surface area contributed by atoms with Gasteiger partial charge in [0.1, 0.15) is 6.61 Å². The molecule has 7 heteroatoms. The van der Waals surface area contributed by atoms with E-state index in [1.54, 1.807) is 17.8 Å². The van der Waals surface area contributed by atoms with Crippen LogP contribution in [0.2, 0.25) is 0 Å². The molecule has 0 saturated heterocycles. The highest BCUT2D eigenvalue weighted by Crippen LogP contribution is 2.40. The van der Waals surface area contributed by atoms with E-state index < -0.39 is 5.91 Å². The van der Waals surface area contributed by atoms with Gasteiger partial charge >= 0.3 is 0 Å². The van der Waals surface area contributed by atoms with E-state index in [0.717, 1.165) is 15.4 Å². The highest BCUT2D eigenvalue weighted by Gasteiger charge is 2.17. The van der Waals surface area contributed by atoms with E-state index in [-0.39, 0.29) is 0 Å². The van der Waals surface area contributed by atoms with E-state index in [9.17, 15) is 4.79 Å². The summed E-state index contributed by atoms with van der Waals surface area (Å²) in [6, 6.07) is 11.3. The second-order valence-electron chi connectivity index (χ2n) is 5.39. The lowest BCUT2D eigenvalue weighted by Gasteiger charge is -2.14. The van der Waals surface area contributed by atoms with Gasteiger partial charge in [-0.25, -0.2) is 5.48 Å². The van der Waals surface area contributed by atoms with E-state index in [0.29, 0.717) is 29.3 Å². The molecule has 2 N–H and O–H groups in total. The molecule has 1 heterocycles. The highest BCUT2D eigenvalue weighted by atomic mass is 79.9. The number of carbonyl (C=O) groups excluding carboxylic acids is 1. The SMILES string of the molecule is COc1c(OCc2ccc(Br)cc2)c(/C=C/C(=O)NO)cc2ccoc12. The maximum absolute atomic E-state index is 11.3. The number of benzene rings is 2. The molecule has 0 spiro atoms. The molecule has 1 aromatic heterocycles. The number of rotatable bonds is 6. The molecule has 26 heavy (non-hydrogen) atoms. The Morgan fingerprint density at radius 1 is 1.27 bits per heavy atom.